The second kappa shape index (κ2) is 8.54. The fourth-order valence-corrected chi connectivity index (χ4v) is 4.68. The number of amides is 3. The maximum Gasteiger partial charge on any atom is 0.321 e. The van der Waals surface area contributed by atoms with Gasteiger partial charge in [0.25, 0.3) is 0 Å². The number of hydrogen-bond donors (Lipinski definition) is 2. The van der Waals surface area contributed by atoms with Gasteiger partial charge in [0.05, 0.1) is 22.9 Å². The van der Waals surface area contributed by atoms with Crippen molar-refractivity contribution in [3.05, 3.63) is 36.4 Å². The van der Waals surface area contributed by atoms with Crippen molar-refractivity contribution in [2.45, 2.75) is 19.4 Å². The Bertz CT molecular complexity index is 1180. The summed E-state index contributed by atoms with van der Waals surface area (Å²) in [4.78, 5) is 31.1. The molecule has 32 heavy (non-hydrogen) atoms. The molecule has 0 spiro atoms. The number of thiazole rings is 1. The molecule has 0 aliphatic carbocycles. The summed E-state index contributed by atoms with van der Waals surface area (Å²) >= 11 is 1.37. The lowest BCUT2D eigenvalue weighted by atomic mass is 10.2. The molecular formula is C22H22N4O5S. The molecule has 0 saturated carbocycles. The van der Waals surface area contributed by atoms with Gasteiger partial charge in [0.2, 0.25) is 5.91 Å². The quantitative estimate of drug-likeness (QED) is 0.613. The van der Waals surface area contributed by atoms with Crippen molar-refractivity contribution in [1.82, 2.24) is 10.3 Å². The molecule has 3 amide bonds. The lowest BCUT2D eigenvalue weighted by molar-refractivity contribution is -0.117. The summed E-state index contributed by atoms with van der Waals surface area (Å²) in [7, 11) is 0. The largest absolute Gasteiger partial charge is 0.494 e. The number of rotatable bonds is 5. The van der Waals surface area contributed by atoms with Gasteiger partial charge in [-0.05, 0) is 37.3 Å². The third-order valence-corrected chi connectivity index (χ3v) is 6.12. The molecule has 1 fully saturated rings. The summed E-state index contributed by atoms with van der Waals surface area (Å²) in [5.74, 6) is 2.00. The van der Waals surface area contributed by atoms with Crippen molar-refractivity contribution in [2.75, 3.05) is 36.6 Å². The van der Waals surface area contributed by atoms with Crippen molar-refractivity contribution in [3.8, 4) is 17.2 Å². The maximum atomic E-state index is 12.6. The van der Waals surface area contributed by atoms with E-state index in [4.69, 9.17) is 14.2 Å². The number of urea groups is 1. The van der Waals surface area contributed by atoms with E-state index >= 15 is 0 Å². The molecule has 1 saturated heterocycles. The molecule has 2 aliphatic heterocycles. The zero-order chi connectivity index (χ0) is 22.1. The summed E-state index contributed by atoms with van der Waals surface area (Å²) in [5, 5.41) is 6.12. The lowest BCUT2D eigenvalue weighted by Gasteiger charge is -2.22. The monoisotopic (exact) mass is 454 g/mol. The highest BCUT2D eigenvalue weighted by Gasteiger charge is 2.32. The Balaban J connectivity index is 1.22. The number of aromatic nitrogens is 1. The fourth-order valence-electron chi connectivity index (χ4n) is 3.79. The molecule has 2 N–H and O–H groups in total. The van der Waals surface area contributed by atoms with Gasteiger partial charge in [0.15, 0.2) is 16.6 Å². The van der Waals surface area contributed by atoms with Crippen LogP contribution < -0.4 is 29.7 Å². The van der Waals surface area contributed by atoms with Crippen LogP contribution in [0.15, 0.2) is 36.4 Å². The topological polar surface area (TPSA) is 102 Å². The highest BCUT2D eigenvalue weighted by Crippen LogP contribution is 2.35. The molecule has 1 unspecified atom stereocenters. The van der Waals surface area contributed by atoms with E-state index in [0.717, 1.165) is 21.7 Å². The third-order valence-electron chi connectivity index (χ3n) is 5.19. The zero-order valence-electron chi connectivity index (χ0n) is 17.4. The Morgan fingerprint density at radius 3 is 2.91 bits per heavy atom. The Morgan fingerprint density at radius 2 is 2.06 bits per heavy atom. The number of carbonyl (C=O) groups is 2. The summed E-state index contributed by atoms with van der Waals surface area (Å²) in [6.07, 6.45) is 0.222. The molecule has 166 valence electrons. The average Bonchev–Trinajstić information content (AvgIpc) is 3.35. The van der Waals surface area contributed by atoms with Crippen LogP contribution in [0.3, 0.4) is 0 Å². The van der Waals surface area contributed by atoms with E-state index in [1.165, 1.54) is 11.3 Å². The predicted octanol–water partition coefficient (Wildman–Crippen LogP) is 3.39. The van der Waals surface area contributed by atoms with Crippen LogP contribution in [0.2, 0.25) is 0 Å². The number of nitrogens with one attached hydrogen (secondary N) is 2. The first-order valence-corrected chi connectivity index (χ1v) is 11.2. The van der Waals surface area contributed by atoms with Crippen LogP contribution in [0.4, 0.5) is 15.6 Å². The zero-order valence-corrected chi connectivity index (χ0v) is 18.2. The van der Waals surface area contributed by atoms with Crippen molar-refractivity contribution < 1.29 is 23.8 Å². The van der Waals surface area contributed by atoms with Gasteiger partial charge in [0.1, 0.15) is 19.0 Å². The minimum absolute atomic E-state index is 0.0598. The minimum atomic E-state index is -0.393. The first-order valence-electron chi connectivity index (χ1n) is 10.4. The van der Waals surface area contributed by atoms with E-state index in [1.54, 1.807) is 17.0 Å². The van der Waals surface area contributed by atoms with Gasteiger partial charge in [-0.25, -0.2) is 9.78 Å². The standard InChI is InChI=1S/C22H22N4O5S/c1-2-29-15-4-5-16-19(11-15)32-22(24-16)25-21(28)23-13-9-20(27)26(12-13)14-3-6-17-18(10-14)31-8-7-30-17/h3-6,10-11,13H,2,7-9,12H2,1H3,(H2,23,24,25,28). The Morgan fingerprint density at radius 1 is 1.22 bits per heavy atom. The van der Waals surface area contributed by atoms with Crippen LogP contribution in [-0.2, 0) is 4.79 Å². The predicted molar refractivity (Wildman–Crippen MR) is 121 cm³/mol. The molecule has 2 aliphatic rings. The van der Waals surface area contributed by atoms with Gasteiger partial charge in [-0.3, -0.25) is 10.1 Å². The van der Waals surface area contributed by atoms with E-state index in [1.807, 2.05) is 31.2 Å². The van der Waals surface area contributed by atoms with Crippen LogP contribution >= 0.6 is 11.3 Å². The normalized spacial score (nSPS) is 17.5. The number of fused-ring (bicyclic) bond motifs is 2. The molecule has 9 nitrogen and oxygen atoms in total. The molecule has 1 atom stereocenters. The number of ether oxygens (including phenoxy) is 3. The highest BCUT2D eigenvalue weighted by atomic mass is 32.1. The third kappa shape index (κ3) is 4.13. The van der Waals surface area contributed by atoms with E-state index < -0.39 is 6.03 Å². The van der Waals surface area contributed by atoms with Crippen LogP contribution in [0.5, 0.6) is 17.2 Å². The van der Waals surface area contributed by atoms with Crippen molar-refractivity contribution in [3.63, 3.8) is 0 Å². The van der Waals surface area contributed by atoms with Gasteiger partial charge >= 0.3 is 6.03 Å². The van der Waals surface area contributed by atoms with E-state index in [2.05, 4.69) is 15.6 Å². The first kappa shape index (κ1) is 20.4. The fraction of sp³-hybridized carbons (Fsp3) is 0.318. The maximum absolute atomic E-state index is 12.6. The molecule has 0 radical (unpaired) electrons. The SMILES string of the molecule is CCOc1ccc2nc(NC(=O)NC3CC(=O)N(c4ccc5c(c4)OCCO5)C3)sc2c1. The number of benzene rings is 2. The second-order valence-corrected chi connectivity index (χ2v) is 8.44. The van der Waals surface area contributed by atoms with Gasteiger partial charge in [-0.1, -0.05) is 11.3 Å². The molecule has 1 aromatic heterocycles. The van der Waals surface area contributed by atoms with Gasteiger partial charge < -0.3 is 24.4 Å². The first-order chi connectivity index (χ1) is 15.6. The van der Waals surface area contributed by atoms with Crippen molar-refractivity contribution in [2.24, 2.45) is 0 Å². The molecular weight excluding hydrogens is 432 g/mol. The molecule has 3 aromatic rings. The average molecular weight is 455 g/mol. The van der Waals surface area contributed by atoms with E-state index in [0.29, 0.717) is 43.0 Å². The Labute approximate surface area is 188 Å². The number of nitrogens with zero attached hydrogens (tertiary/aromatic N) is 2. The van der Waals surface area contributed by atoms with E-state index in [-0.39, 0.29) is 18.4 Å². The van der Waals surface area contributed by atoms with Crippen LogP contribution in [0, 0.1) is 0 Å². The molecule has 0 bridgehead atoms. The summed E-state index contributed by atoms with van der Waals surface area (Å²) in [5.41, 5.74) is 1.51. The smallest absolute Gasteiger partial charge is 0.321 e. The minimum Gasteiger partial charge on any atom is -0.494 e. The van der Waals surface area contributed by atoms with Crippen molar-refractivity contribution in [1.29, 1.82) is 0 Å². The molecule has 5 rings (SSSR count). The molecule has 2 aromatic carbocycles. The van der Waals surface area contributed by atoms with Gasteiger partial charge in [-0.15, -0.1) is 0 Å². The highest BCUT2D eigenvalue weighted by molar-refractivity contribution is 7.22. The van der Waals surface area contributed by atoms with Crippen molar-refractivity contribution >= 4 is 44.3 Å². The molecule has 10 heteroatoms. The molecule has 3 heterocycles. The number of carbonyl (C=O) groups excluding carboxylic acids is 2. The second-order valence-electron chi connectivity index (χ2n) is 7.41. The summed E-state index contributed by atoms with van der Waals surface area (Å²) < 4.78 is 17.6. The number of anilines is 2. The van der Waals surface area contributed by atoms with E-state index in [9.17, 15) is 9.59 Å². The number of hydrogen-bond acceptors (Lipinski definition) is 7. The Kier molecular flexibility index (Phi) is 5.44. The summed E-state index contributed by atoms with van der Waals surface area (Å²) in [6, 6.07) is 10.3. The summed E-state index contributed by atoms with van der Waals surface area (Å²) in [6.45, 7) is 3.88. The lowest BCUT2D eigenvalue weighted by Crippen LogP contribution is -2.39. The van der Waals surface area contributed by atoms with Crippen LogP contribution in [0.1, 0.15) is 13.3 Å². The van der Waals surface area contributed by atoms with Crippen LogP contribution in [0.25, 0.3) is 10.2 Å². The van der Waals surface area contributed by atoms with Gasteiger partial charge in [-0.2, -0.15) is 0 Å². The van der Waals surface area contributed by atoms with Crippen LogP contribution in [-0.4, -0.2) is 49.3 Å². The Hall–Kier alpha value is -3.53. The van der Waals surface area contributed by atoms with Gasteiger partial charge in [0, 0.05) is 24.7 Å².